The second-order valence-corrected chi connectivity index (χ2v) is 9.82. The Bertz CT molecular complexity index is 1400. The van der Waals surface area contributed by atoms with E-state index in [1.807, 2.05) is 0 Å². The lowest BCUT2D eigenvalue weighted by Gasteiger charge is -2.55. The molecule has 13 heteroatoms. The Balaban J connectivity index is 1.54. The van der Waals surface area contributed by atoms with Gasteiger partial charge in [-0.1, -0.05) is 18.2 Å². The molecule has 4 N–H and O–H groups in total. The molecule has 2 saturated heterocycles. The molecule has 0 unspecified atom stereocenters. The number of imide groups is 2. The number of carbonyl (C=O) groups is 4. The van der Waals surface area contributed by atoms with Gasteiger partial charge < -0.3 is 15.0 Å². The fourth-order valence-corrected chi connectivity index (χ4v) is 5.68. The van der Waals surface area contributed by atoms with Crippen molar-refractivity contribution in [1.29, 1.82) is 0 Å². The number of hydrogen-bond acceptors (Lipinski definition) is 7. The van der Waals surface area contributed by atoms with Gasteiger partial charge in [-0.3, -0.25) is 20.2 Å². The number of fused-ring (bicyclic) bond motifs is 4. The highest BCUT2D eigenvalue weighted by molar-refractivity contribution is 6.20. The lowest BCUT2D eigenvalue weighted by Crippen LogP contribution is -2.75. The number of barbiturate groups is 1. The molecule has 3 aliphatic heterocycles. The zero-order chi connectivity index (χ0) is 28.1. The van der Waals surface area contributed by atoms with Crippen LogP contribution in [0.1, 0.15) is 31.9 Å². The highest BCUT2D eigenvalue weighted by Crippen LogP contribution is 2.48. The molecule has 0 aromatic heterocycles. The molecule has 2 aromatic rings. The second kappa shape index (κ2) is 9.73. The van der Waals surface area contributed by atoms with Crippen molar-refractivity contribution in [1.82, 2.24) is 16.1 Å². The van der Waals surface area contributed by atoms with Gasteiger partial charge in [0.2, 0.25) is 11.8 Å². The first-order valence-corrected chi connectivity index (χ1v) is 12.3. The SMILES string of the molecule is C/C(=N\NC(=O)Nc1ccccc1)c1cc2c(c(F)c1F)N1C[C@@H](C)O[C@@H](C)[C@@H]1C1(C2)C(=O)NC(=O)NC1=O. The van der Waals surface area contributed by atoms with Crippen LogP contribution in [-0.4, -0.2) is 54.4 Å². The summed E-state index contributed by atoms with van der Waals surface area (Å²) < 4.78 is 37.1. The van der Waals surface area contributed by atoms with Crippen LogP contribution in [0.25, 0.3) is 0 Å². The van der Waals surface area contributed by atoms with Gasteiger partial charge in [0.05, 0.1) is 29.6 Å². The smallest absolute Gasteiger partial charge is 0.339 e. The number of urea groups is 2. The maximum absolute atomic E-state index is 15.8. The largest absolute Gasteiger partial charge is 0.372 e. The Morgan fingerprint density at radius 1 is 1.10 bits per heavy atom. The maximum atomic E-state index is 15.8. The number of anilines is 2. The Morgan fingerprint density at radius 2 is 1.77 bits per heavy atom. The highest BCUT2D eigenvalue weighted by Gasteiger charge is 2.63. The van der Waals surface area contributed by atoms with Crippen molar-refractivity contribution in [2.45, 2.75) is 45.4 Å². The van der Waals surface area contributed by atoms with Gasteiger partial charge in [-0.25, -0.2) is 23.8 Å². The minimum Gasteiger partial charge on any atom is -0.372 e. The fourth-order valence-electron chi connectivity index (χ4n) is 5.68. The quantitative estimate of drug-likeness (QED) is 0.268. The summed E-state index contributed by atoms with van der Waals surface area (Å²) in [5.74, 6) is -4.08. The van der Waals surface area contributed by atoms with E-state index in [1.165, 1.54) is 17.9 Å². The van der Waals surface area contributed by atoms with Crippen LogP contribution in [0.2, 0.25) is 0 Å². The Hall–Kier alpha value is -4.39. The van der Waals surface area contributed by atoms with Gasteiger partial charge in [0.1, 0.15) is 0 Å². The number of nitrogens with zero attached hydrogens (tertiary/aromatic N) is 2. The molecule has 204 valence electrons. The predicted octanol–water partition coefficient (Wildman–Crippen LogP) is 2.40. The summed E-state index contributed by atoms with van der Waals surface area (Å²) in [6.45, 7) is 4.83. The van der Waals surface area contributed by atoms with E-state index in [9.17, 15) is 19.2 Å². The van der Waals surface area contributed by atoms with E-state index in [2.05, 4.69) is 26.5 Å². The maximum Gasteiger partial charge on any atom is 0.339 e. The number of morpholine rings is 1. The van der Waals surface area contributed by atoms with E-state index in [1.54, 1.807) is 44.2 Å². The summed E-state index contributed by atoms with van der Waals surface area (Å²) in [7, 11) is 0. The standard InChI is InChI=1S/C26H26F2N6O5/c1-12-11-34-20-15(10-26(21(34)14(3)39-12)22(35)30-24(37)31-23(26)36)9-17(18(27)19(20)28)13(2)32-33-25(38)29-16-7-5-4-6-8-16/h4-9,12,14,21H,10-11H2,1-3H3,(H2,29,33,38)(H2,30,31,35,36,37)/b32-13+/t12-,14+,21-/m1/s1. The van der Waals surface area contributed by atoms with Crippen LogP contribution < -0.4 is 26.3 Å². The lowest BCUT2D eigenvalue weighted by molar-refractivity contribution is -0.153. The minimum absolute atomic E-state index is 0.0509. The third-order valence-electron chi connectivity index (χ3n) is 7.21. The summed E-state index contributed by atoms with van der Waals surface area (Å²) in [6.07, 6.45) is -1.48. The Morgan fingerprint density at radius 3 is 2.44 bits per heavy atom. The summed E-state index contributed by atoms with van der Waals surface area (Å²) >= 11 is 0. The molecule has 3 aliphatic rings. The molecule has 0 radical (unpaired) electrons. The van der Waals surface area contributed by atoms with Crippen LogP contribution in [0, 0.1) is 17.0 Å². The number of amides is 6. The van der Waals surface area contributed by atoms with E-state index >= 15 is 8.78 Å². The average Bonchev–Trinajstić information content (AvgIpc) is 2.87. The van der Waals surface area contributed by atoms with Crippen molar-refractivity contribution in [2.75, 3.05) is 16.8 Å². The molecular weight excluding hydrogens is 514 g/mol. The Labute approximate surface area is 221 Å². The summed E-state index contributed by atoms with van der Waals surface area (Å²) in [6, 6.07) is 7.21. The molecule has 39 heavy (non-hydrogen) atoms. The first-order chi connectivity index (χ1) is 18.5. The van der Waals surface area contributed by atoms with Crippen LogP contribution in [0.5, 0.6) is 0 Å². The topological polar surface area (TPSA) is 141 Å². The molecule has 2 aromatic carbocycles. The van der Waals surface area contributed by atoms with E-state index < -0.39 is 59.2 Å². The predicted molar refractivity (Wildman–Crippen MR) is 136 cm³/mol. The van der Waals surface area contributed by atoms with E-state index in [4.69, 9.17) is 4.74 Å². The lowest BCUT2D eigenvalue weighted by atomic mass is 9.66. The molecule has 0 saturated carbocycles. The number of hydrazone groups is 1. The van der Waals surface area contributed by atoms with E-state index in [-0.39, 0.29) is 35.5 Å². The van der Waals surface area contributed by atoms with E-state index in [0.717, 1.165) is 0 Å². The van der Waals surface area contributed by atoms with Crippen LogP contribution in [0.3, 0.4) is 0 Å². The number of ether oxygens (including phenoxy) is 1. The van der Waals surface area contributed by atoms with Gasteiger partial charge in [-0.05, 0) is 44.5 Å². The normalized spacial score (nSPS) is 23.9. The van der Waals surface area contributed by atoms with Gasteiger partial charge in [-0.15, -0.1) is 0 Å². The number of benzene rings is 2. The van der Waals surface area contributed by atoms with Crippen LogP contribution >= 0.6 is 0 Å². The molecule has 3 atom stereocenters. The third-order valence-corrected chi connectivity index (χ3v) is 7.21. The molecule has 0 aliphatic carbocycles. The molecule has 5 rings (SSSR count). The second-order valence-electron chi connectivity index (χ2n) is 9.82. The zero-order valence-corrected chi connectivity index (χ0v) is 21.3. The number of rotatable bonds is 3. The van der Waals surface area contributed by atoms with Gasteiger partial charge in [0.15, 0.2) is 17.0 Å². The van der Waals surface area contributed by atoms with Crippen molar-refractivity contribution in [3.05, 3.63) is 59.2 Å². The van der Waals surface area contributed by atoms with Crippen molar-refractivity contribution in [3.63, 3.8) is 0 Å². The van der Waals surface area contributed by atoms with Gasteiger partial charge in [0.25, 0.3) is 0 Å². The van der Waals surface area contributed by atoms with Crippen molar-refractivity contribution < 1.29 is 32.7 Å². The molecule has 6 amide bonds. The molecule has 2 fully saturated rings. The Kier molecular flexibility index (Phi) is 6.54. The fraction of sp³-hybridized carbons (Fsp3) is 0.346. The molecular formula is C26H26F2N6O5. The molecule has 11 nitrogen and oxygen atoms in total. The van der Waals surface area contributed by atoms with Crippen LogP contribution in [-0.2, 0) is 20.7 Å². The number of nitrogens with one attached hydrogen (secondary N) is 4. The summed E-state index contributed by atoms with van der Waals surface area (Å²) in [4.78, 5) is 52.1. The van der Waals surface area contributed by atoms with Crippen LogP contribution in [0.4, 0.5) is 29.7 Å². The number of hydrogen-bond donors (Lipinski definition) is 4. The van der Waals surface area contributed by atoms with Gasteiger partial charge >= 0.3 is 12.1 Å². The average molecular weight is 541 g/mol. The molecule has 3 heterocycles. The van der Waals surface area contributed by atoms with Gasteiger partial charge in [0, 0.05) is 24.2 Å². The molecule has 1 spiro atoms. The molecule has 0 bridgehead atoms. The van der Waals surface area contributed by atoms with Crippen molar-refractivity contribution in [2.24, 2.45) is 10.5 Å². The monoisotopic (exact) mass is 540 g/mol. The number of carbonyl (C=O) groups excluding carboxylic acids is 4. The summed E-state index contributed by atoms with van der Waals surface area (Å²) in [5, 5.41) is 10.7. The highest BCUT2D eigenvalue weighted by atomic mass is 19.2. The minimum atomic E-state index is -1.85. The van der Waals surface area contributed by atoms with Crippen LogP contribution in [0.15, 0.2) is 41.5 Å². The zero-order valence-electron chi connectivity index (χ0n) is 21.3. The van der Waals surface area contributed by atoms with Gasteiger partial charge in [-0.2, -0.15) is 5.10 Å². The summed E-state index contributed by atoms with van der Waals surface area (Å²) in [5.41, 5.74) is 0.672. The van der Waals surface area contributed by atoms with Crippen molar-refractivity contribution in [3.8, 4) is 0 Å². The van der Waals surface area contributed by atoms with E-state index in [0.29, 0.717) is 5.69 Å². The first-order valence-electron chi connectivity index (χ1n) is 12.3. The number of para-hydroxylation sites is 1. The third kappa shape index (κ3) is 4.38. The van der Waals surface area contributed by atoms with Crippen molar-refractivity contribution >= 4 is 41.0 Å². The first kappa shape index (κ1) is 26.2. The number of halogens is 2.